The first-order chi connectivity index (χ1) is 9.69. The lowest BCUT2D eigenvalue weighted by atomic mass is 9.78. The number of fused-ring (bicyclic) bond motifs is 1. The van der Waals surface area contributed by atoms with Gasteiger partial charge in [0.15, 0.2) is 0 Å². The van der Waals surface area contributed by atoms with Crippen LogP contribution in [0.4, 0.5) is 0 Å². The summed E-state index contributed by atoms with van der Waals surface area (Å²) in [5.74, 6) is 1.31. The summed E-state index contributed by atoms with van der Waals surface area (Å²) in [6.45, 7) is 3.87. The maximum atomic E-state index is 12.6. The molecule has 0 radical (unpaired) electrons. The molecule has 2 fully saturated rings. The number of rotatable bonds is 2. The lowest BCUT2D eigenvalue weighted by molar-refractivity contribution is 0.0783. The third kappa shape index (κ3) is 2.47. The van der Waals surface area contributed by atoms with E-state index in [1.807, 2.05) is 17.0 Å². The van der Waals surface area contributed by atoms with Crippen LogP contribution in [0.2, 0.25) is 0 Å². The zero-order valence-electron chi connectivity index (χ0n) is 12.2. The Morgan fingerprint density at radius 2 is 2.00 bits per heavy atom. The number of amides is 1. The molecule has 1 aromatic rings. The predicted octanol–water partition coefficient (Wildman–Crippen LogP) is 2.45. The van der Waals surface area contributed by atoms with E-state index in [1.165, 1.54) is 18.4 Å². The van der Waals surface area contributed by atoms with Crippen LogP contribution in [-0.4, -0.2) is 29.9 Å². The maximum Gasteiger partial charge on any atom is 0.253 e. The van der Waals surface area contributed by atoms with Gasteiger partial charge in [-0.25, -0.2) is 0 Å². The molecule has 20 heavy (non-hydrogen) atoms. The molecule has 1 aromatic carbocycles. The fourth-order valence-electron chi connectivity index (χ4n) is 3.75. The summed E-state index contributed by atoms with van der Waals surface area (Å²) in [7, 11) is 0. The molecule has 108 valence electrons. The number of carbonyl (C=O) groups is 1. The second-order valence-corrected chi connectivity index (χ2v) is 6.28. The van der Waals surface area contributed by atoms with Gasteiger partial charge in [-0.3, -0.25) is 4.79 Å². The van der Waals surface area contributed by atoms with Gasteiger partial charge in [0.1, 0.15) is 0 Å². The standard InChI is InChI=1S/C17H24N2O/c1-2-12-6-8-13(9-7-12)17(20)19-10-14-4-3-5-16(18)15(14)11-19/h6-9,14-16H,2-5,10-11,18H2,1H3. The van der Waals surface area contributed by atoms with E-state index in [-0.39, 0.29) is 11.9 Å². The number of hydrogen-bond donors (Lipinski definition) is 1. The minimum absolute atomic E-state index is 0.175. The molecule has 3 nitrogen and oxygen atoms in total. The van der Waals surface area contributed by atoms with Gasteiger partial charge in [-0.05, 0) is 48.8 Å². The van der Waals surface area contributed by atoms with Gasteiger partial charge in [0, 0.05) is 24.7 Å². The molecule has 0 aromatic heterocycles. The molecule has 0 bridgehead atoms. The zero-order valence-corrected chi connectivity index (χ0v) is 12.2. The van der Waals surface area contributed by atoms with Gasteiger partial charge in [-0.1, -0.05) is 25.5 Å². The number of carbonyl (C=O) groups excluding carboxylic acids is 1. The van der Waals surface area contributed by atoms with Crippen LogP contribution in [0, 0.1) is 11.8 Å². The average molecular weight is 272 g/mol. The minimum atomic E-state index is 0.175. The summed E-state index contributed by atoms with van der Waals surface area (Å²) in [5, 5.41) is 0. The molecular formula is C17H24N2O. The van der Waals surface area contributed by atoms with E-state index < -0.39 is 0 Å². The fraction of sp³-hybridized carbons (Fsp3) is 0.588. The summed E-state index contributed by atoms with van der Waals surface area (Å²) < 4.78 is 0. The van der Waals surface area contributed by atoms with E-state index in [0.29, 0.717) is 11.8 Å². The van der Waals surface area contributed by atoms with Crippen LogP contribution in [0.3, 0.4) is 0 Å². The lowest BCUT2D eigenvalue weighted by Gasteiger charge is -2.29. The highest BCUT2D eigenvalue weighted by Crippen LogP contribution is 2.36. The smallest absolute Gasteiger partial charge is 0.253 e. The highest BCUT2D eigenvalue weighted by Gasteiger charge is 2.40. The Kier molecular flexibility index (Phi) is 3.79. The van der Waals surface area contributed by atoms with Gasteiger partial charge in [0.25, 0.3) is 5.91 Å². The molecule has 1 saturated carbocycles. The van der Waals surface area contributed by atoms with Crippen LogP contribution in [0.25, 0.3) is 0 Å². The van der Waals surface area contributed by atoms with E-state index >= 15 is 0 Å². The summed E-state index contributed by atoms with van der Waals surface area (Å²) in [6.07, 6.45) is 4.58. The Morgan fingerprint density at radius 1 is 1.25 bits per heavy atom. The van der Waals surface area contributed by atoms with Crippen LogP contribution in [0.5, 0.6) is 0 Å². The van der Waals surface area contributed by atoms with E-state index in [1.54, 1.807) is 0 Å². The van der Waals surface area contributed by atoms with Crippen molar-refractivity contribution in [2.75, 3.05) is 13.1 Å². The van der Waals surface area contributed by atoms with E-state index in [4.69, 9.17) is 5.73 Å². The first kappa shape index (κ1) is 13.6. The first-order valence-corrected chi connectivity index (χ1v) is 7.83. The molecule has 3 heteroatoms. The zero-order chi connectivity index (χ0) is 14.1. The minimum Gasteiger partial charge on any atom is -0.338 e. The molecule has 2 aliphatic rings. The second kappa shape index (κ2) is 5.57. The second-order valence-electron chi connectivity index (χ2n) is 6.28. The number of nitrogens with zero attached hydrogens (tertiary/aromatic N) is 1. The van der Waals surface area contributed by atoms with Crippen molar-refractivity contribution in [3.63, 3.8) is 0 Å². The predicted molar refractivity (Wildman–Crippen MR) is 80.5 cm³/mol. The highest BCUT2D eigenvalue weighted by molar-refractivity contribution is 5.94. The van der Waals surface area contributed by atoms with E-state index in [2.05, 4.69) is 19.1 Å². The largest absolute Gasteiger partial charge is 0.338 e. The summed E-state index contributed by atoms with van der Waals surface area (Å²) in [4.78, 5) is 14.6. The topological polar surface area (TPSA) is 46.3 Å². The van der Waals surface area contributed by atoms with Crippen LogP contribution in [-0.2, 0) is 6.42 Å². The van der Waals surface area contributed by atoms with Gasteiger partial charge in [0.2, 0.25) is 0 Å². The van der Waals surface area contributed by atoms with Crippen molar-refractivity contribution in [1.29, 1.82) is 0 Å². The van der Waals surface area contributed by atoms with Crippen LogP contribution in [0.15, 0.2) is 24.3 Å². The summed E-state index contributed by atoms with van der Waals surface area (Å²) in [6, 6.07) is 8.32. The van der Waals surface area contributed by atoms with Crippen molar-refractivity contribution in [3.8, 4) is 0 Å². The Labute approximate surface area is 121 Å². The van der Waals surface area contributed by atoms with Crippen LogP contribution in [0.1, 0.15) is 42.1 Å². The molecule has 1 aliphatic carbocycles. The molecule has 1 aliphatic heterocycles. The number of likely N-dealkylation sites (tertiary alicyclic amines) is 1. The quantitative estimate of drug-likeness (QED) is 0.899. The van der Waals surface area contributed by atoms with Gasteiger partial charge < -0.3 is 10.6 Å². The third-order valence-corrected chi connectivity index (χ3v) is 5.05. The number of aryl methyl sites for hydroxylation is 1. The van der Waals surface area contributed by atoms with Gasteiger partial charge in [-0.15, -0.1) is 0 Å². The average Bonchev–Trinajstić information content (AvgIpc) is 2.92. The van der Waals surface area contributed by atoms with E-state index in [0.717, 1.165) is 31.5 Å². The summed E-state index contributed by atoms with van der Waals surface area (Å²) in [5.41, 5.74) is 8.31. The van der Waals surface area contributed by atoms with Crippen molar-refractivity contribution in [1.82, 2.24) is 4.90 Å². The van der Waals surface area contributed by atoms with Crippen molar-refractivity contribution in [2.45, 2.75) is 38.6 Å². The number of benzene rings is 1. The molecule has 2 N–H and O–H groups in total. The third-order valence-electron chi connectivity index (χ3n) is 5.05. The van der Waals surface area contributed by atoms with Crippen LogP contribution >= 0.6 is 0 Å². The Hall–Kier alpha value is -1.35. The van der Waals surface area contributed by atoms with E-state index in [9.17, 15) is 4.79 Å². The highest BCUT2D eigenvalue weighted by atomic mass is 16.2. The SMILES string of the molecule is CCc1ccc(C(=O)N2CC3CCCC(N)C3C2)cc1. The van der Waals surface area contributed by atoms with Crippen molar-refractivity contribution in [3.05, 3.63) is 35.4 Å². The first-order valence-electron chi connectivity index (χ1n) is 7.83. The molecule has 1 amide bonds. The van der Waals surface area contributed by atoms with Crippen molar-refractivity contribution in [2.24, 2.45) is 17.6 Å². The van der Waals surface area contributed by atoms with Gasteiger partial charge in [-0.2, -0.15) is 0 Å². The summed E-state index contributed by atoms with van der Waals surface area (Å²) >= 11 is 0. The fourth-order valence-corrected chi connectivity index (χ4v) is 3.75. The van der Waals surface area contributed by atoms with Crippen molar-refractivity contribution >= 4 is 5.91 Å². The monoisotopic (exact) mass is 272 g/mol. The normalized spacial score (nSPS) is 29.3. The number of nitrogens with two attached hydrogens (primary N) is 1. The molecule has 3 unspecified atom stereocenters. The molecular weight excluding hydrogens is 248 g/mol. The Bertz CT molecular complexity index is 482. The lowest BCUT2D eigenvalue weighted by Crippen LogP contribution is -2.38. The molecule has 0 spiro atoms. The molecule has 1 heterocycles. The molecule has 3 rings (SSSR count). The molecule has 3 atom stereocenters. The maximum absolute atomic E-state index is 12.6. The Balaban J connectivity index is 1.71. The van der Waals surface area contributed by atoms with Crippen LogP contribution < -0.4 is 5.73 Å². The molecule has 1 saturated heterocycles. The van der Waals surface area contributed by atoms with Gasteiger partial charge >= 0.3 is 0 Å². The van der Waals surface area contributed by atoms with Gasteiger partial charge in [0.05, 0.1) is 0 Å². The van der Waals surface area contributed by atoms with Crippen molar-refractivity contribution < 1.29 is 4.79 Å². The Morgan fingerprint density at radius 3 is 2.65 bits per heavy atom. The number of hydrogen-bond acceptors (Lipinski definition) is 2.